The number of nitrogens with one attached hydrogen (secondary N) is 2. The van der Waals surface area contributed by atoms with Crippen molar-refractivity contribution in [3.8, 4) is 0 Å². The van der Waals surface area contributed by atoms with Crippen molar-refractivity contribution in [3.05, 3.63) is 48.0 Å². The molecule has 104 valence electrons. The molecule has 2 amide bonds. The SMILES string of the molecule is CCCNC(=O)CNC(=O)c1ccc2ccccc2c1. The molecule has 2 aromatic carbocycles. The van der Waals surface area contributed by atoms with Crippen LogP contribution in [0.1, 0.15) is 23.7 Å². The van der Waals surface area contributed by atoms with E-state index in [2.05, 4.69) is 10.6 Å². The Morgan fingerprint density at radius 3 is 2.50 bits per heavy atom. The molecule has 2 N–H and O–H groups in total. The van der Waals surface area contributed by atoms with Gasteiger partial charge < -0.3 is 10.6 Å². The summed E-state index contributed by atoms with van der Waals surface area (Å²) in [5, 5.41) is 7.43. The van der Waals surface area contributed by atoms with Gasteiger partial charge in [0.25, 0.3) is 5.91 Å². The van der Waals surface area contributed by atoms with Crippen molar-refractivity contribution in [2.75, 3.05) is 13.1 Å². The Kier molecular flexibility index (Phi) is 4.71. The minimum Gasteiger partial charge on any atom is -0.355 e. The molecule has 0 spiro atoms. The third kappa shape index (κ3) is 3.57. The number of hydrogen-bond donors (Lipinski definition) is 2. The summed E-state index contributed by atoms with van der Waals surface area (Å²) in [6, 6.07) is 13.3. The molecule has 0 heterocycles. The Bertz CT molecular complexity index is 623. The highest BCUT2D eigenvalue weighted by molar-refractivity contribution is 5.99. The average Bonchev–Trinajstić information content (AvgIpc) is 2.50. The van der Waals surface area contributed by atoms with Crippen molar-refractivity contribution >= 4 is 22.6 Å². The minimum absolute atomic E-state index is 0.00562. The van der Waals surface area contributed by atoms with E-state index in [0.29, 0.717) is 12.1 Å². The zero-order valence-electron chi connectivity index (χ0n) is 11.5. The van der Waals surface area contributed by atoms with Crippen LogP contribution in [0.5, 0.6) is 0 Å². The largest absolute Gasteiger partial charge is 0.355 e. The minimum atomic E-state index is -0.234. The molecule has 0 unspecified atom stereocenters. The highest BCUT2D eigenvalue weighted by Crippen LogP contribution is 2.15. The van der Waals surface area contributed by atoms with Gasteiger partial charge in [0, 0.05) is 12.1 Å². The molecule has 0 aliphatic heterocycles. The number of benzene rings is 2. The van der Waals surface area contributed by atoms with Crippen molar-refractivity contribution in [2.24, 2.45) is 0 Å². The number of carbonyl (C=O) groups excluding carboxylic acids is 2. The molecule has 2 aromatic rings. The zero-order valence-corrected chi connectivity index (χ0v) is 11.5. The maximum atomic E-state index is 12.0. The van der Waals surface area contributed by atoms with E-state index in [0.717, 1.165) is 17.2 Å². The van der Waals surface area contributed by atoms with Gasteiger partial charge >= 0.3 is 0 Å². The molecule has 20 heavy (non-hydrogen) atoms. The van der Waals surface area contributed by atoms with Crippen molar-refractivity contribution in [1.82, 2.24) is 10.6 Å². The van der Waals surface area contributed by atoms with E-state index in [1.165, 1.54) is 0 Å². The predicted molar refractivity (Wildman–Crippen MR) is 79.6 cm³/mol. The summed E-state index contributed by atoms with van der Waals surface area (Å²) in [5.41, 5.74) is 0.562. The Labute approximate surface area is 118 Å². The first-order valence-corrected chi connectivity index (χ1v) is 6.74. The topological polar surface area (TPSA) is 58.2 Å². The van der Waals surface area contributed by atoms with E-state index in [9.17, 15) is 9.59 Å². The van der Waals surface area contributed by atoms with Crippen molar-refractivity contribution in [1.29, 1.82) is 0 Å². The van der Waals surface area contributed by atoms with Crippen molar-refractivity contribution < 1.29 is 9.59 Å². The maximum Gasteiger partial charge on any atom is 0.251 e. The molecule has 0 atom stereocenters. The van der Waals surface area contributed by atoms with E-state index < -0.39 is 0 Å². The summed E-state index contributed by atoms with van der Waals surface area (Å²) in [7, 11) is 0. The highest BCUT2D eigenvalue weighted by atomic mass is 16.2. The molecular formula is C16H18N2O2. The molecular weight excluding hydrogens is 252 g/mol. The standard InChI is InChI=1S/C16H18N2O2/c1-2-9-17-15(19)11-18-16(20)14-8-7-12-5-3-4-6-13(12)10-14/h3-8,10H,2,9,11H2,1H3,(H,17,19)(H,18,20). The van der Waals surface area contributed by atoms with Crippen molar-refractivity contribution in [2.45, 2.75) is 13.3 Å². The van der Waals surface area contributed by atoms with Gasteiger partial charge in [0.1, 0.15) is 0 Å². The Morgan fingerprint density at radius 2 is 1.75 bits per heavy atom. The molecule has 0 fully saturated rings. The van der Waals surface area contributed by atoms with E-state index in [1.54, 1.807) is 6.07 Å². The fraction of sp³-hybridized carbons (Fsp3) is 0.250. The molecule has 0 bridgehead atoms. The zero-order chi connectivity index (χ0) is 14.4. The molecule has 0 saturated heterocycles. The highest BCUT2D eigenvalue weighted by Gasteiger charge is 2.08. The summed E-state index contributed by atoms with van der Waals surface area (Å²) >= 11 is 0. The van der Waals surface area contributed by atoms with Gasteiger partial charge in [-0.1, -0.05) is 37.3 Å². The summed E-state index contributed by atoms with van der Waals surface area (Å²) < 4.78 is 0. The van der Waals surface area contributed by atoms with Crippen LogP contribution in [0.25, 0.3) is 10.8 Å². The van der Waals surface area contributed by atoms with Crippen LogP contribution in [0.3, 0.4) is 0 Å². The fourth-order valence-electron chi connectivity index (χ4n) is 1.92. The molecule has 0 radical (unpaired) electrons. The molecule has 0 aromatic heterocycles. The first-order valence-electron chi connectivity index (χ1n) is 6.74. The monoisotopic (exact) mass is 270 g/mol. The number of rotatable bonds is 5. The predicted octanol–water partition coefficient (Wildman–Crippen LogP) is 2.10. The van der Waals surface area contributed by atoms with Crippen LogP contribution in [0, 0.1) is 0 Å². The second-order valence-corrected chi connectivity index (χ2v) is 4.59. The second-order valence-electron chi connectivity index (χ2n) is 4.59. The average molecular weight is 270 g/mol. The lowest BCUT2D eigenvalue weighted by Crippen LogP contribution is -2.37. The summed E-state index contributed by atoms with van der Waals surface area (Å²) in [6.07, 6.45) is 0.879. The summed E-state index contributed by atoms with van der Waals surface area (Å²) in [6.45, 7) is 2.62. The van der Waals surface area contributed by atoms with Crippen LogP contribution < -0.4 is 10.6 Å². The smallest absolute Gasteiger partial charge is 0.251 e. The van der Waals surface area contributed by atoms with Crippen LogP contribution in [-0.4, -0.2) is 24.9 Å². The Hall–Kier alpha value is -2.36. The molecule has 2 rings (SSSR count). The van der Waals surface area contributed by atoms with Gasteiger partial charge in [0.15, 0.2) is 0 Å². The van der Waals surface area contributed by atoms with Gasteiger partial charge in [-0.05, 0) is 29.3 Å². The normalized spacial score (nSPS) is 10.2. The lowest BCUT2D eigenvalue weighted by Gasteiger charge is -2.07. The first kappa shape index (κ1) is 14.1. The van der Waals surface area contributed by atoms with Crippen LogP contribution in [-0.2, 0) is 4.79 Å². The second kappa shape index (κ2) is 6.70. The third-order valence-corrected chi connectivity index (χ3v) is 2.99. The number of hydrogen-bond acceptors (Lipinski definition) is 2. The van der Waals surface area contributed by atoms with Crippen molar-refractivity contribution in [3.63, 3.8) is 0 Å². The lowest BCUT2D eigenvalue weighted by atomic mass is 10.1. The van der Waals surface area contributed by atoms with Gasteiger partial charge in [-0.3, -0.25) is 9.59 Å². The fourth-order valence-corrected chi connectivity index (χ4v) is 1.92. The summed E-state index contributed by atoms with van der Waals surface area (Å²) in [4.78, 5) is 23.4. The van der Waals surface area contributed by atoms with Gasteiger partial charge in [0.05, 0.1) is 6.54 Å². The number of amides is 2. The maximum absolute atomic E-state index is 12.0. The van der Waals surface area contributed by atoms with Crippen LogP contribution in [0.4, 0.5) is 0 Å². The van der Waals surface area contributed by atoms with Crippen LogP contribution in [0.15, 0.2) is 42.5 Å². The summed E-state index contributed by atoms with van der Waals surface area (Å²) in [5.74, 6) is -0.400. The molecule has 0 aliphatic rings. The van der Waals surface area contributed by atoms with Gasteiger partial charge in [-0.25, -0.2) is 0 Å². The Balaban J connectivity index is 1.99. The van der Waals surface area contributed by atoms with Crippen LogP contribution >= 0.6 is 0 Å². The van der Waals surface area contributed by atoms with Crippen LogP contribution in [0.2, 0.25) is 0 Å². The van der Waals surface area contributed by atoms with Gasteiger partial charge in [-0.2, -0.15) is 0 Å². The van der Waals surface area contributed by atoms with E-state index >= 15 is 0 Å². The quantitative estimate of drug-likeness (QED) is 0.874. The molecule has 0 aliphatic carbocycles. The molecule has 4 heteroatoms. The third-order valence-electron chi connectivity index (χ3n) is 2.99. The number of carbonyl (C=O) groups is 2. The van der Waals surface area contributed by atoms with Gasteiger partial charge in [-0.15, -0.1) is 0 Å². The number of fused-ring (bicyclic) bond motifs is 1. The van der Waals surface area contributed by atoms with E-state index in [1.807, 2.05) is 43.3 Å². The van der Waals surface area contributed by atoms with Gasteiger partial charge in [0.2, 0.25) is 5.91 Å². The molecule has 0 saturated carbocycles. The first-order chi connectivity index (χ1) is 9.70. The van der Waals surface area contributed by atoms with E-state index in [4.69, 9.17) is 0 Å². The van der Waals surface area contributed by atoms with E-state index in [-0.39, 0.29) is 18.4 Å². The Morgan fingerprint density at radius 1 is 1.00 bits per heavy atom. The lowest BCUT2D eigenvalue weighted by molar-refractivity contribution is -0.120. The molecule has 4 nitrogen and oxygen atoms in total.